The molecule has 0 saturated carbocycles. The molecule has 2 rings (SSSR count). The van der Waals surface area contributed by atoms with Gasteiger partial charge in [0, 0.05) is 0 Å². The van der Waals surface area contributed by atoms with Crippen LogP contribution in [0.1, 0.15) is 13.3 Å². The summed E-state index contributed by atoms with van der Waals surface area (Å²) in [5, 5.41) is 24.8. The Balaban J connectivity index is 2.46. The number of nitrogens with zero attached hydrogens (tertiary/aromatic N) is 2. The summed E-state index contributed by atoms with van der Waals surface area (Å²) >= 11 is 1.47. The van der Waals surface area contributed by atoms with Crippen molar-refractivity contribution in [2.24, 2.45) is 5.84 Å². The molecule has 0 atom stereocenters. The van der Waals surface area contributed by atoms with Gasteiger partial charge in [-0.05, 0) is 17.9 Å². The summed E-state index contributed by atoms with van der Waals surface area (Å²) in [6.45, 7) is 1.50. The highest BCUT2D eigenvalue weighted by atomic mass is 32.1. The monoisotopic (exact) mass is 283 g/mol. The van der Waals surface area contributed by atoms with Crippen molar-refractivity contribution < 1.29 is 10.2 Å². The van der Waals surface area contributed by atoms with E-state index in [1.54, 1.807) is 0 Å². The van der Waals surface area contributed by atoms with Gasteiger partial charge in [-0.3, -0.25) is 5.43 Å². The molecule has 2 heterocycles. The Morgan fingerprint density at radius 2 is 2.11 bits per heavy atom. The number of nitrogens with two attached hydrogens (primary N) is 1. The minimum absolute atomic E-state index is 0.193. The Hall–Kier alpha value is -1.48. The van der Waals surface area contributed by atoms with Gasteiger partial charge >= 0.3 is 0 Å². The fraction of sp³-hybridized carbons (Fsp3) is 0.455. The van der Waals surface area contributed by atoms with Gasteiger partial charge in [0.25, 0.3) is 0 Å². The summed E-state index contributed by atoms with van der Waals surface area (Å²) in [6.07, 6.45) is 0.557. The molecule has 0 unspecified atom stereocenters. The third kappa shape index (κ3) is 2.61. The highest BCUT2D eigenvalue weighted by Gasteiger charge is 2.28. The second-order valence-electron chi connectivity index (χ2n) is 4.25. The minimum atomic E-state index is -0.810. The smallest absolute Gasteiger partial charge is 0.240 e. The Labute approximate surface area is 114 Å². The van der Waals surface area contributed by atoms with E-state index in [4.69, 9.17) is 5.84 Å². The predicted octanol–water partition coefficient (Wildman–Crippen LogP) is 0.522. The number of aliphatic hydroxyl groups is 2. The van der Waals surface area contributed by atoms with E-state index in [0.29, 0.717) is 18.2 Å². The van der Waals surface area contributed by atoms with Crippen molar-refractivity contribution in [2.45, 2.75) is 18.9 Å². The van der Waals surface area contributed by atoms with E-state index in [9.17, 15) is 10.2 Å². The standard InChI is InChI=1S/C11H17N5O2S/c1-2-11(5-17,6-18)15-8-7-3-4-19-9(7)14-10(13-8)16-12/h3-4,17-18H,2,5-6,12H2,1H3,(H2,13,14,15,16). The van der Waals surface area contributed by atoms with Gasteiger partial charge in [0.05, 0.1) is 24.1 Å². The molecule has 0 fully saturated rings. The fourth-order valence-electron chi connectivity index (χ4n) is 1.71. The normalized spacial score (nSPS) is 11.8. The number of nitrogens with one attached hydrogen (secondary N) is 2. The second kappa shape index (κ2) is 5.66. The van der Waals surface area contributed by atoms with Gasteiger partial charge in [-0.15, -0.1) is 11.3 Å². The Kier molecular flexibility index (Phi) is 4.15. The van der Waals surface area contributed by atoms with Crippen molar-refractivity contribution in [2.75, 3.05) is 24.0 Å². The second-order valence-corrected chi connectivity index (χ2v) is 5.15. The molecule has 0 aliphatic carbocycles. The van der Waals surface area contributed by atoms with Gasteiger partial charge in [-0.25, -0.2) is 10.8 Å². The quantitative estimate of drug-likeness (QED) is 0.387. The zero-order valence-corrected chi connectivity index (χ0v) is 11.4. The molecular formula is C11H17N5O2S. The SMILES string of the molecule is CCC(CO)(CO)Nc1nc(NN)nc2sccc12. The topological polar surface area (TPSA) is 116 Å². The molecule has 0 radical (unpaired) electrons. The van der Waals surface area contributed by atoms with Crippen molar-refractivity contribution >= 4 is 33.3 Å². The van der Waals surface area contributed by atoms with Gasteiger partial charge in [0.15, 0.2) is 0 Å². The largest absolute Gasteiger partial charge is 0.394 e. The molecule has 0 aromatic carbocycles. The van der Waals surface area contributed by atoms with Crippen LogP contribution in [0.5, 0.6) is 0 Å². The van der Waals surface area contributed by atoms with Crippen LogP contribution < -0.4 is 16.6 Å². The van der Waals surface area contributed by atoms with Crippen LogP contribution in [-0.2, 0) is 0 Å². The zero-order valence-electron chi connectivity index (χ0n) is 10.6. The summed E-state index contributed by atoms with van der Waals surface area (Å²) in [5.74, 6) is 6.18. The molecule has 0 aliphatic heterocycles. The van der Waals surface area contributed by atoms with Crippen molar-refractivity contribution in [1.82, 2.24) is 9.97 Å². The number of aromatic nitrogens is 2. The van der Waals surface area contributed by atoms with Gasteiger partial charge in [-0.1, -0.05) is 6.92 Å². The molecular weight excluding hydrogens is 266 g/mol. The van der Waals surface area contributed by atoms with Crippen molar-refractivity contribution in [3.8, 4) is 0 Å². The molecule has 6 N–H and O–H groups in total. The number of hydrogen-bond donors (Lipinski definition) is 5. The van der Waals surface area contributed by atoms with E-state index in [0.717, 1.165) is 10.2 Å². The number of hydrazine groups is 1. The van der Waals surface area contributed by atoms with Gasteiger partial charge in [0.1, 0.15) is 10.6 Å². The highest BCUT2D eigenvalue weighted by Crippen LogP contribution is 2.28. The van der Waals surface area contributed by atoms with Crippen LogP contribution in [0.3, 0.4) is 0 Å². The number of rotatable bonds is 6. The lowest BCUT2D eigenvalue weighted by Gasteiger charge is -2.30. The van der Waals surface area contributed by atoms with Crippen LogP contribution >= 0.6 is 11.3 Å². The van der Waals surface area contributed by atoms with Gasteiger partial charge < -0.3 is 15.5 Å². The first kappa shape index (κ1) is 13.9. The Morgan fingerprint density at radius 3 is 2.68 bits per heavy atom. The van der Waals surface area contributed by atoms with E-state index in [-0.39, 0.29) is 13.2 Å². The maximum Gasteiger partial charge on any atom is 0.240 e. The van der Waals surface area contributed by atoms with E-state index >= 15 is 0 Å². The van der Waals surface area contributed by atoms with E-state index in [1.807, 2.05) is 18.4 Å². The number of anilines is 2. The summed E-state index contributed by atoms with van der Waals surface area (Å²) in [7, 11) is 0. The van der Waals surface area contributed by atoms with Crippen molar-refractivity contribution in [3.05, 3.63) is 11.4 Å². The van der Waals surface area contributed by atoms with E-state index in [2.05, 4.69) is 20.7 Å². The molecule has 2 aromatic heterocycles. The first-order chi connectivity index (χ1) is 9.18. The fourth-order valence-corrected chi connectivity index (χ4v) is 2.47. The van der Waals surface area contributed by atoms with Crippen LogP contribution in [0.4, 0.5) is 11.8 Å². The van der Waals surface area contributed by atoms with Gasteiger partial charge in [-0.2, -0.15) is 4.98 Å². The van der Waals surface area contributed by atoms with E-state index < -0.39 is 5.54 Å². The first-order valence-electron chi connectivity index (χ1n) is 5.90. The van der Waals surface area contributed by atoms with Crippen LogP contribution in [0, 0.1) is 0 Å². The minimum Gasteiger partial charge on any atom is -0.394 e. The molecule has 0 bridgehead atoms. The average molecular weight is 283 g/mol. The molecule has 0 aliphatic rings. The number of fused-ring (bicyclic) bond motifs is 1. The lowest BCUT2D eigenvalue weighted by molar-refractivity contribution is 0.132. The summed E-state index contributed by atoms with van der Waals surface area (Å²) in [5.41, 5.74) is 1.60. The summed E-state index contributed by atoms with van der Waals surface area (Å²) < 4.78 is 0. The molecule has 0 amide bonds. The molecule has 2 aromatic rings. The lowest BCUT2D eigenvalue weighted by atomic mass is 9.98. The Morgan fingerprint density at radius 1 is 1.37 bits per heavy atom. The summed E-state index contributed by atoms with van der Waals surface area (Å²) in [6, 6.07) is 1.89. The first-order valence-corrected chi connectivity index (χ1v) is 6.77. The van der Waals surface area contributed by atoms with Crippen LogP contribution in [0.2, 0.25) is 0 Å². The Bertz CT molecular complexity index is 547. The average Bonchev–Trinajstić information content (AvgIpc) is 2.93. The lowest BCUT2D eigenvalue weighted by Crippen LogP contribution is -2.45. The molecule has 0 saturated heterocycles. The molecule has 19 heavy (non-hydrogen) atoms. The molecule has 8 heteroatoms. The number of nitrogen functional groups attached to an aromatic ring is 1. The highest BCUT2D eigenvalue weighted by molar-refractivity contribution is 7.16. The zero-order chi connectivity index (χ0) is 13.9. The number of hydrogen-bond acceptors (Lipinski definition) is 8. The maximum absolute atomic E-state index is 9.48. The molecule has 104 valence electrons. The van der Waals surface area contributed by atoms with Gasteiger partial charge in [0.2, 0.25) is 5.95 Å². The van der Waals surface area contributed by atoms with Crippen LogP contribution in [0.25, 0.3) is 10.2 Å². The predicted molar refractivity (Wildman–Crippen MR) is 76.0 cm³/mol. The maximum atomic E-state index is 9.48. The summed E-state index contributed by atoms with van der Waals surface area (Å²) in [4.78, 5) is 9.26. The van der Waals surface area contributed by atoms with Crippen molar-refractivity contribution in [1.29, 1.82) is 0 Å². The molecule has 7 nitrogen and oxygen atoms in total. The van der Waals surface area contributed by atoms with E-state index in [1.165, 1.54) is 11.3 Å². The van der Waals surface area contributed by atoms with Crippen molar-refractivity contribution in [3.63, 3.8) is 0 Å². The number of aliphatic hydroxyl groups excluding tert-OH is 2. The van der Waals surface area contributed by atoms with Crippen LogP contribution in [-0.4, -0.2) is 38.9 Å². The third-order valence-corrected chi connectivity index (χ3v) is 3.93. The number of thiophene rings is 1. The van der Waals surface area contributed by atoms with Crippen LogP contribution in [0.15, 0.2) is 11.4 Å². The molecule has 0 spiro atoms. The third-order valence-electron chi connectivity index (χ3n) is 3.12.